The largest absolute Gasteiger partial charge is 0.445 e. The molecule has 1 fully saturated rings. The second-order valence-electron chi connectivity index (χ2n) is 8.77. The summed E-state index contributed by atoms with van der Waals surface area (Å²) in [6, 6.07) is 6.80. The molecule has 0 unspecified atom stereocenters. The minimum atomic E-state index is -0.899. The predicted octanol–water partition coefficient (Wildman–Crippen LogP) is 2.64. The van der Waals surface area contributed by atoms with E-state index in [1.165, 1.54) is 4.90 Å². The number of hydrogen-bond acceptors (Lipinski definition) is 6. The molecule has 4 amide bonds. The average Bonchev–Trinajstić information content (AvgIpc) is 3.37. The van der Waals surface area contributed by atoms with Gasteiger partial charge in [0.15, 0.2) is 0 Å². The molecule has 1 heterocycles. The summed E-state index contributed by atoms with van der Waals surface area (Å²) in [5.41, 5.74) is 2.44. The van der Waals surface area contributed by atoms with Crippen LogP contribution in [0.5, 0.6) is 0 Å². The minimum Gasteiger partial charge on any atom is -0.445 e. The lowest BCUT2D eigenvalue weighted by atomic mass is 10.1. The molecule has 0 saturated carbocycles. The number of unbranched alkanes of at least 4 members (excludes halogenated alkanes) is 2. The zero-order chi connectivity index (χ0) is 25.6. The van der Waals surface area contributed by atoms with Crippen molar-refractivity contribution < 1.29 is 29.1 Å². The lowest BCUT2D eigenvalue weighted by Crippen LogP contribution is -2.56. The maximum atomic E-state index is 13.1. The second kappa shape index (κ2) is 15.0. The number of hydroxylamine groups is 1. The molecule has 0 radical (unpaired) electrons. The Morgan fingerprint density at radius 1 is 1.00 bits per heavy atom. The van der Waals surface area contributed by atoms with Crippen molar-refractivity contribution in [2.75, 3.05) is 6.54 Å². The van der Waals surface area contributed by atoms with Crippen molar-refractivity contribution >= 4 is 23.8 Å². The molecule has 1 saturated heterocycles. The quantitative estimate of drug-likeness (QED) is 0.248. The van der Waals surface area contributed by atoms with Gasteiger partial charge < -0.3 is 15.4 Å². The number of benzene rings is 1. The predicted molar refractivity (Wildman–Crippen MR) is 129 cm³/mol. The van der Waals surface area contributed by atoms with Crippen molar-refractivity contribution in [2.24, 2.45) is 0 Å². The van der Waals surface area contributed by atoms with Crippen LogP contribution < -0.4 is 16.1 Å². The van der Waals surface area contributed by atoms with Crippen LogP contribution in [0.25, 0.3) is 0 Å². The van der Waals surface area contributed by atoms with E-state index in [2.05, 4.69) is 10.6 Å². The molecule has 2 rings (SSSR count). The maximum Gasteiger partial charge on any atom is 0.410 e. The third-order valence-corrected chi connectivity index (χ3v) is 6.06. The molecule has 1 aliphatic heterocycles. The number of likely N-dealkylation sites (tertiary alicyclic amines) is 1. The number of nitrogens with zero attached hydrogens (tertiary/aromatic N) is 1. The molecule has 0 bridgehead atoms. The number of amides is 4. The molecule has 10 nitrogen and oxygen atoms in total. The van der Waals surface area contributed by atoms with Crippen LogP contribution in [0.15, 0.2) is 30.3 Å². The van der Waals surface area contributed by atoms with Gasteiger partial charge in [-0.2, -0.15) is 0 Å². The van der Waals surface area contributed by atoms with Crippen molar-refractivity contribution in [2.45, 2.75) is 89.9 Å². The van der Waals surface area contributed by atoms with Gasteiger partial charge in [-0.3, -0.25) is 24.5 Å². The third kappa shape index (κ3) is 8.86. The highest BCUT2D eigenvalue weighted by Gasteiger charge is 2.37. The highest BCUT2D eigenvalue weighted by molar-refractivity contribution is 5.93. The van der Waals surface area contributed by atoms with E-state index < -0.39 is 41.9 Å². The summed E-state index contributed by atoms with van der Waals surface area (Å²) in [7, 11) is 0. The van der Waals surface area contributed by atoms with E-state index in [0.717, 1.165) is 18.4 Å². The van der Waals surface area contributed by atoms with Gasteiger partial charge in [-0.15, -0.1) is 0 Å². The summed E-state index contributed by atoms with van der Waals surface area (Å²) in [4.78, 5) is 52.1. The molecular weight excluding hydrogens is 452 g/mol. The van der Waals surface area contributed by atoms with E-state index in [1.54, 1.807) is 5.48 Å². The molecule has 0 spiro atoms. The van der Waals surface area contributed by atoms with E-state index in [1.807, 2.05) is 44.2 Å². The van der Waals surface area contributed by atoms with Crippen molar-refractivity contribution in [3.8, 4) is 0 Å². The van der Waals surface area contributed by atoms with Crippen LogP contribution in [0.1, 0.15) is 70.8 Å². The monoisotopic (exact) mass is 490 g/mol. The van der Waals surface area contributed by atoms with Crippen molar-refractivity contribution in [3.63, 3.8) is 0 Å². The summed E-state index contributed by atoms with van der Waals surface area (Å²) < 4.78 is 5.40. The van der Waals surface area contributed by atoms with E-state index in [-0.39, 0.29) is 6.61 Å². The topological polar surface area (TPSA) is 137 Å². The summed E-state index contributed by atoms with van der Waals surface area (Å²) >= 11 is 0. The molecule has 1 aliphatic rings. The average molecular weight is 491 g/mol. The van der Waals surface area contributed by atoms with Crippen LogP contribution in [0.3, 0.4) is 0 Å². The number of carbonyl (C=O) groups excluding carboxylic acids is 4. The van der Waals surface area contributed by atoms with E-state index in [9.17, 15) is 19.2 Å². The van der Waals surface area contributed by atoms with Crippen LogP contribution in [-0.2, 0) is 25.7 Å². The van der Waals surface area contributed by atoms with E-state index in [4.69, 9.17) is 9.94 Å². The maximum absolute atomic E-state index is 13.1. The fourth-order valence-electron chi connectivity index (χ4n) is 4.03. The van der Waals surface area contributed by atoms with Crippen LogP contribution in [0.4, 0.5) is 4.79 Å². The molecule has 3 atom stereocenters. The van der Waals surface area contributed by atoms with E-state index >= 15 is 0 Å². The van der Waals surface area contributed by atoms with E-state index in [0.29, 0.717) is 45.1 Å². The van der Waals surface area contributed by atoms with Crippen molar-refractivity contribution in [3.05, 3.63) is 35.9 Å². The molecule has 1 aromatic rings. The highest BCUT2D eigenvalue weighted by Crippen LogP contribution is 2.20. The Labute approximate surface area is 206 Å². The first kappa shape index (κ1) is 28.1. The summed E-state index contributed by atoms with van der Waals surface area (Å²) in [6.45, 7) is 4.44. The summed E-state index contributed by atoms with van der Waals surface area (Å²) in [5.74, 6) is -1.62. The van der Waals surface area contributed by atoms with Gasteiger partial charge in [0.25, 0.3) is 5.91 Å². The van der Waals surface area contributed by atoms with Gasteiger partial charge in [-0.05, 0) is 31.2 Å². The standard InChI is InChI=1S/C25H38N4O6/c1-3-5-13-19(22(30)26-20(14-6-4-2)23(31)28-34)27-24(32)21-15-10-16-29(21)25(33)35-17-18-11-8-7-9-12-18/h7-9,11-12,19-21,34H,3-6,10,13-17H2,1-2H3,(H,26,30)(H,27,32)(H,28,31)/t19-,20-,21-/m0/s1. The smallest absolute Gasteiger partial charge is 0.410 e. The van der Waals surface area contributed by atoms with Gasteiger partial charge in [-0.25, -0.2) is 10.3 Å². The fourth-order valence-corrected chi connectivity index (χ4v) is 4.03. The first-order valence-electron chi connectivity index (χ1n) is 12.4. The number of nitrogens with one attached hydrogen (secondary N) is 3. The Bertz CT molecular complexity index is 835. The number of carbonyl (C=O) groups is 4. The normalized spacial score (nSPS) is 16.8. The molecule has 0 aromatic heterocycles. The van der Waals surface area contributed by atoms with Gasteiger partial charge >= 0.3 is 6.09 Å². The first-order chi connectivity index (χ1) is 16.9. The molecule has 194 valence electrons. The number of ether oxygens (including phenoxy) is 1. The van der Waals surface area contributed by atoms with Gasteiger partial charge in [-0.1, -0.05) is 69.9 Å². The minimum absolute atomic E-state index is 0.109. The molecule has 10 heteroatoms. The number of rotatable bonds is 13. The SMILES string of the molecule is CCCC[C@H](NC(=O)[C@H](CCCC)NC(=O)[C@@H]1CCCN1C(=O)OCc1ccccc1)C(=O)NO. The zero-order valence-corrected chi connectivity index (χ0v) is 20.6. The summed E-state index contributed by atoms with van der Waals surface area (Å²) in [6.07, 6.45) is 4.33. The molecule has 4 N–H and O–H groups in total. The first-order valence-corrected chi connectivity index (χ1v) is 12.4. The zero-order valence-electron chi connectivity index (χ0n) is 20.6. The molecule has 1 aromatic carbocycles. The third-order valence-electron chi connectivity index (χ3n) is 6.06. The Kier molecular flexibility index (Phi) is 12.0. The van der Waals surface area contributed by atoms with Crippen LogP contribution in [0, 0.1) is 0 Å². The van der Waals surface area contributed by atoms with Gasteiger partial charge in [0.05, 0.1) is 0 Å². The Morgan fingerprint density at radius 3 is 2.23 bits per heavy atom. The van der Waals surface area contributed by atoms with Crippen molar-refractivity contribution in [1.82, 2.24) is 21.0 Å². The molecule has 35 heavy (non-hydrogen) atoms. The van der Waals surface area contributed by atoms with Crippen LogP contribution in [-0.4, -0.2) is 58.6 Å². The lowest BCUT2D eigenvalue weighted by molar-refractivity contribution is -0.136. The Morgan fingerprint density at radius 2 is 1.63 bits per heavy atom. The number of hydrogen-bond donors (Lipinski definition) is 4. The molecular formula is C25H38N4O6. The van der Waals surface area contributed by atoms with Crippen LogP contribution >= 0.6 is 0 Å². The summed E-state index contributed by atoms with van der Waals surface area (Å²) in [5, 5.41) is 14.4. The Balaban J connectivity index is 2.01. The highest BCUT2D eigenvalue weighted by atomic mass is 16.6. The van der Waals surface area contributed by atoms with Gasteiger partial charge in [0.2, 0.25) is 11.8 Å². The van der Waals surface area contributed by atoms with Crippen molar-refractivity contribution in [1.29, 1.82) is 0 Å². The lowest BCUT2D eigenvalue weighted by Gasteiger charge is -2.27. The fraction of sp³-hybridized carbons (Fsp3) is 0.600. The Hall–Kier alpha value is -3.14. The molecule has 0 aliphatic carbocycles. The second-order valence-corrected chi connectivity index (χ2v) is 8.77. The van der Waals surface area contributed by atoms with Gasteiger partial charge in [0.1, 0.15) is 24.7 Å². The van der Waals surface area contributed by atoms with Gasteiger partial charge in [0, 0.05) is 6.54 Å². The van der Waals surface area contributed by atoms with Crippen LogP contribution in [0.2, 0.25) is 0 Å².